The van der Waals surface area contributed by atoms with E-state index in [4.69, 9.17) is 0 Å². The Kier molecular flexibility index (Phi) is 3.38. The molecule has 4 nitrogen and oxygen atoms in total. The highest BCUT2D eigenvalue weighted by Crippen LogP contribution is 2.39. The highest BCUT2D eigenvalue weighted by Gasteiger charge is 2.34. The molecule has 1 aliphatic heterocycles. The third-order valence-corrected chi connectivity index (χ3v) is 6.83. The van der Waals surface area contributed by atoms with E-state index >= 15 is 0 Å². The van der Waals surface area contributed by atoms with Gasteiger partial charge < -0.3 is 9.13 Å². The molecule has 27 heavy (non-hydrogen) atoms. The molecule has 1 fully saturated rings. The average Bonchev–Trinajstić information content (AvgIpc) is 3.30. The van der Waals surface area contributed by atoms with E-state index in [1.54, 1.807) is 0 Å². The van der Waals surface area contributed by atoms with Crippen LogP contribution in [0.2, 0.25) is 0 Å². The van der Waals surface area contributed by atoms with E-state index in [9.17, 15) is 4.79 Å². The van der Waals surface area contributed by atoms with Gasteiger partial charge in [0.25, 0.3) is 0 Å². The van der Waals surface area contributed by atoms with Crippen LogP contribution in [0, 0.1) is 11.8 Å². The summed E-state index contributed by atoms with van der Waals surface area (Å²) in [7, 11) is 0. The van der Waals surface area contributed by atoms with Crippen molar-refractivity contribution in [1.29, 1.82) is 0 Å². The summed E-state index contributed by atoms with van der Waals surface area (Å²) < 4.78 is 4.70. The van der Waals surface area contributed by atoms with Gasteiger partial charge in [-0.25, -0.2) is 4.98 Å². The summed E-state index contributed by atoms with van der Waals surface area (Å²) in [5.41, 5.74) is 5.06. The van der Waals surface area contributed by atoms with Crippen molar-refractivity contribution in [2.24, 2.45) is 11.8 Å². The van der Waals surface area contributed by atoms with E-state index in [0.717, 1.165) is 50.3 Å². The number of fused-ring (bicyclic) bond motifs is 3. The number of ketones is 1. The molecule has 0 unspecified atom stereocenters. The first-order valence-electron chi connectivity index (χ1n) is 10.5. The van der Waals surface area contributed by atoms with Gasteiger partial charge in [-0.3, -0.25) is 4.79 Å². The maximum absolute atomic E-state index is 13.5. The Hall–Kier alpha value is -2.36. The SMILES string of the molecule is O=C1c2c(n3c4c(cccc24)CCC3)CC[C@@H]1Cn1ccnc1CC1CC1. The lowest BCUT2D eigenvalue weighted by atomic mass is 9.84. The molecule has 3 aliphatic rings. The van der Waals surface area contributed by atoms with Gasteiger partial charge in [-0.2, -0.15) is 0 Å². The maximum Gasteiger partial charge on any atom is 0.170 e. The van der Waals surface area contributed by atoms with Crippen LogP contribution in [0.1, 0.15) is 53.1 Å². The molecule has 3 heterocycles. The first-order valence-corrected chi connectivity index (χ1v) is 10.5. The van der Waals surface area contributed by atoms with E-state index in [-0.39, 0.29) is 5.92 Å². The quantitative estimate of drug-likeness (QED) is 0.701. The van der Waals surface area contributed by atoms with E-state index in [0.29, 0.717) is 5.78 Å². The van der Waals surface area contributed by atoms with Gasteiger partial charge in [-0.1, -0.05) is 18.2 Å². The van der Waals surface area contributed by atoms with Crippen molar-refractivity contribution >= 4 is 16.7 Å². The molecule has 1 atom stereocenters. The molecular formula is C23H25N3O. The lowest BCUT2D eigenvalue weighted by molar-refractivity contribution is 0.0887. The number of Topliss-reactive ketones (excluding diaryl/α,β-unsaturated/α-hetero) is 1. The number of benzene rings is 1. The molecule has 0 radical (unpaired) electrons. The Balaban J connectivity index is 1.37. The van der Waals surface area contributed by atoms with Crippen molar-refractivity contribution in [2.45, 2.75) is 58.0 Å². The first-order chi connectivity index (χ1) is 13.3. The number of hydrogen-bond acceptors (Lipinski definition) is 2. The number of hydrogen-bond donors (Lipinski definition) is 0. The van der Waals surface area contributed by atoms with Gasteiger partial charge in [0.05, 0.1) is 5.52 Å². The summed E-state index contributed by atoms with van der Waals surface area (Å²) in [5, 5.41) is 1.20. The lowest BCUT2D eigenvalue weighted by Gasteiger charge is -2.24. The molecule has 1 saturated carbocycles. The number of imidazole rings is 1. The molecule has 6 rings (SSSR count). The number of para-hydroxylation sites is 1. The maximum atomic E-state index is 13.5. The molecule has 0 saturated heterocycles. The van der Waals surface area contributed by atoms with Gasteiger partial charge in [0.1, 0.15) is 5.82 Å². The van der Waals surface area contributed by atoms with Crippen molar-refractivity contribution in [2.75, 3.05) is 0 Å². The normalized spacial score (nSPS) is 21.6. The number of carbonyl (C=O) groups is 1. The highest BCUT2D eigenvalue weighted by molar-refractivity contribution is 6.12. The van der Waals surface area contributed by atoms with E-state index in [2.05, 4.69) is 38.5 Å². The number of rotatable bonds is 4. The van der Waals surface area contributed by atoms with Gasteiger partial charge in [-0.05, 0) is 50.0 Å². The van der Waals surface area contributed by atoms with Crippen LogP contribution in [-0.2, 0) is 32.4 Å². The Morgan fingerprint density at radius 2 is 2.07 bits per heavy atom. The van der Waals surface area contributed by atoms with Crippen LogP contribution >= 0.6 is 0 Å². The fraction of sp³-hybridized carbons (Fsp3) is 0.478. The number of carbonyl (C=O) groups excluding carboxylic acids is 1. The molecule has 2 aliphatic carbocycles. The Morgan fingerprint density at radius 3 is 2.96 bits per heavy atom. The van der Waals surface area contributed by atoms with Crippen LogP contribution in [-0.4, -0.2) is 19.9 Å². The second kappa shape index (κ2) is 5.82. The predicted molar refractivity (Wildman–Crippen MR) is 105 cm³/mol. The fourth-order valence-electron chi connectivity index (χ4n) is 5.28. The minimum Gasteiger partial charge on any atom is -0.344 e. The summed E-state index contributed by atoms with van der Waals surface area (Å²) in [6.07, 6.45) is 12.0. The molecule has 4 heteroatoms. The summed E-state index contributed by atoms with van der Waals surface area (Å²) in [6.45, 7) is 1.85. The molecule has 2 aromatic heterocycles. The summed E-state index contributed by atoms with van der Waals surface area (Å²) in [5.74, 6) is 2.41. The van der Waals surface area contributed by atoms with Crippen molar-refractivity contribution in [1.82, 2.24) is 14.1 Å². The summed E-state index contributed by atoms with van der Waals surface area (Å²) in [6, 6.07) is 6.53. The summed E-state index contributed by atoms with van der Waals surface area (Å²) >= 11 is 0. The zero-order valence-electron chi connectivity index (χ0n) is 15.7. The zero-order valence-corrected chi connectivity index (χ0v) is 15.7. The number of aryl methyl sites for hydroxylation is 2. The molecule has 0 amide bonds. The number of aromatic nitrogens is 3. The molecule has 1 aromatic carbocycles. The average molecular weight is 359 g/mol. The van der Waals surface area contributed by atoms with Gasteiger partial charge in [0.2, 0.25) is 0 Å². The molecule has 138 valence electrons. The Labute approximate surface area is 159 Å². The van der Waals surface area contributed by atoms with Crippen molar-refractivity contribution in [3.63, 3.8) is 0 Å². The van der Waals surface area contributed by atoms with Crippen molar-refractivity contribution in [3.05, 3.63) is 53.2 Å². The predicted octanol–water partition coefficient (Wildman–Crippen LogP) is 4.18. The molecular weight excluding hydrogens is 334 g/mol. The van der Waals surface area contributed by atoms with Gasteiger partial charge in [0.15, 0.2) is 5.78 Å². The van der Waals surface area contributed by atoms with Crippen LogP contribution in [0.25, 0.3) is 10.9 Å². The highest BCUT2D eigenvalue weighted by atomic mass is 16.1. The summed E-state index contributed by atoms with van der Waals surface area (Å²) in [4.78, 5) is 18.1. The molecule has 0 N–H and O–H groups in total. The zero-order chi connectivity index (χ0) is 18.0. The van der Waals surface area contributed by atoms with Crippen LogP contribution in [0.5, 0.6) is 0 Å². The van der Waals surface area contributed by atoms with Gasteiger partial charge in [-0.15, -0.1) is 0 Å². The topological polar surface area (TPSA) is 39.8 Å². The lowest BCUT2D eigenvalue weighted by Crippen LogP contribution is -2.28. The molecule has 0 bridgehead atoms. The van der Waals surface area contributed by atoms with Crippen LogP contribution < -0.4 is 0 Å². The van der Waals surface area contributed by atoms with Gasteiger partial charge in [0, 0.05) is 54.5 Å². The van der Waals surface area contributed by atoms with E-state index < -0.39 is 0 Å². The second-order valence-electron chi connectivity index (χ2n) is 8.63. The van der Waals surface area contributed by atoms with Crippen LogP contribution in [0.4, 0.5) is 0 Å². The first kappa shape index (κ1) is 15.7. The third kappa shape index (κ3) is 2.42. The van der Waals surface area contributed by atoms with Crippen molar-refractivity contribution in [3.8, 4) is 0 Å². The van der Waals surface area contributed by atoms with Crippen LogP contribution in [0.3, 0.4) is 0 Å². The monoisotopic (exact) mass is 359 g/mol. The van der Waals surface area contributed by atoms with E-state index in [1.165, 1.54) is 47.2 Å². The van der Waals surface area contributed by atoms with Crippen LogP contribution in [0.15, 0.2) is 30.6 Å². The van der Waals surface area contributed by atoms with Crippen molar-refractivity contribution < 1.29 is 4.79 Å². The Morgan fingerprint density at radius 1 is 1.15 bits per heavy atom. The largest absolute Gasteiger partial charge is 0.344 e. The molecule has 0 spiro atoms. The van der Waals surface area contributed by atoms with Gasteiger partial charge >= 0.3 is 0 Å². The standard InChI is InChI=1S/C23H25N3O/c27-23-17(14-25-12-10-24-20(25)13-15-6-7-15)8-9-19-21(23)18-5-1-3-16-4-2-11-26(19)22(16)18/h1,3,5,10,12,15,17H,2,4,6-9,11,13-14H2/t17-/m1/s1. The number of nitrogens with zero attached hydrogens (tertiary/aromatic N) is 3. The van der Waals surface area contributed by atoms with E-state index in [1.807, 2.05) is 6.20 Å². The minimum atomic E-state index is 0.0770. The smallest absolute Gasteiger partial charge is 0.170 e. The second-order valence-corrected chi connectivity index (χ2v) is 8.63. The Bertz CT molecular complexity index is 1050. The third-order valence-electron chi connectivity index (χ3n) is 6.83. The fourth-order valence-corrected chi connectivity index (χ4v) is 5.28. The molecule has 3 aromatic rings. The minimum absolute atomic E-state index is 0.0770.